The molecule has 0 saturated heterocycles. The van der Waals surface area contributed by atoms with Crippen LogP contribution in [0, 0.1) is 0 Å². The quantitative estimate of drug-likeness (QED) is 0.537. The molecule has 0 saturated carbocycles. The first-order valence-electron chi connectivity index (χ1n) is 8.77. The first-order valence-corrected chi connectivity index (χ1v) is 9.15. The van der Waals surface area contributed by atoms with Gasteiger partial charge in [0.1, 0.15) is 0 Å². The minimum absolute atomic E-state index is 0.00723. The number of Topliss-reactive ketones (excluding diaryl/α,β-unsaturated/α-hetero) is 1. The lowest BCUT2D eigenvalue weighted by atomic mass is 10.1. The van der Waals surface area contributed by atoms with Gasteiger partial charge in [0.05, 0.1) is 6.42 Å². The van der Waals surface area contributed by atoms with Gasteiger partial charge >= 0.3 is 5.97 Å². The zero-order chi connectivity index (χ0) is 19.8. The Morgan fingerprint density at radius 2 is 1.63 bits per heavy atom. The first-order chi connectivity index (χ1) is 12.9. The van der Waals surface area contributed by atoms with Gasteiger partial charge in [-0.3, -0.25) is 14.4 Å². The second-order valence-electron chi connectivity index (χ2n) is 6.10. The molecule has 0 bridgehead atoms. The summed E-state index contributed by atoms with van der Waals surface area (Å²) in [6, 6.07) is 13.9. The zero-order valence-corrected chi connectivity index (χ0v) is 16.1. The van der Waals surface area contributed by atoms with Crippen LogP contribution >= 0.6 is 11.6 Å². The second kappa shape index (κ2) is 9.88. The molecule has 27 heavy (non-hydrogen) atoms. The van der Waals surface area contributed by atoms with Crippen molar-refractivity contribution in [2.75, 3.05) is 5.32 Å². The molecule has 0 aliphatic heterocycles. The molecular formula is C21H22ClNO4. The van der Waals surface area contributed by atoms with Gasteiger partial charge in [-0.2, -0.15) is 0 Å². The van der Waals surface area contributed by atoms with E-state index < -0.39 is 18.0 Å². The summed E-state index contributed by atoms with van der Waals surface area (Å²) >= 11 is 5.78. The fourth-order valence-electron chi connectivity index (χ4n) is 2.37. The van der Waals surface area contributed by atoms with Crippen LogP contribution in [-0.2, 0) is 20.7 Å². The number of halogens is 1. The summed E-state index contributed by atoms with van der Waals surface area (Å²) in [5, 5.41) is 3.24. The number of esters is 1. The Morgan fingerprint density at radius 3 is 2.22 bits per heavy atom. The highest BCUT2D eigenvalue weighted by atomic mass is 35.5. The lowest BCUT2D eigenvalue weighted by Crippen LogP contribution is -2.30. The first kappa shape index (κ1) is 20.6. The number of carbonyl (C=O) groups excluding carboxylic acids is 3. The summed E-state index contributed by atoms with van der Waals surface area (Å²) in [4.78, 5) is 36.1. The van der Waals surface area contributed by atoms with Gasteiger partial charge in [0.2, 0.25) is 0 Å². The van der Waals surface area contributed by atoms with E-state index in [2.05, 4.69) is 5.32 Å². The summed E-state index contributed by atoms with van der Waals surface area (Å²) in [6.45, 7) is 3.54. The fourth-order valence-corrected chi connectivity index (χ4v) is 2.50. The van der Waals surface area contributed by atoms with Crippen molar-refractivity contribution < 1.29 is 19.1 Å². The summed E-state index contributed by atoms with van der Waals surface area (Å²) in [7, 11) is 0. The Balaban J connectivity index is 1.78. The van der Waals surface area contributed by atoms with E-state index in [9.17, 15) is 14.4 Å². The van der Waals surface area contributed by atoms with E-state index >= 15 is 0 Å². The smallest absolute Gasteiger partial charge is 0.307 e. The average Bonchev–Trinajstić information content (AvgIpc) is 2.67. The molecule has 1 N–H and O–H groups in total. The maximum Gasteiger partial charge on any atom is 0.307 e. The molecule has 0 spiro atoms. The number of amides is 1. The van der Waals surface area contributed by atoms with Gasteiger partial charge in [0, 0.05) is 22.7 Å². The monoisotopic (exact) mass is 387 g/mol. The Kier molecular flexibility index (Phi) is 7.55. The molecule has 0 aliphatic rings. The number of benzene rings is 2. The van der Waals surface area contributed by atoms with E-state index in [1.807, 2.05) is 19.1 Å². The van der Waals surface area contributed by atoms with Crippen molar-refractivity contribution in [3.8, 4) is 0 Å². The second-order valence-corrected chi connectivity index (χ2v) is 6.54. The third kappa shape index (κ3) is 6.53. The van der Waals surface area contributed by atoms with Gasteiger partial charge in [-0.15, -0.1) is 0 Å². The molecule has 2 aromatic rings. The van der Waals surface area contributed by atoms with Crippen molar-refractivity contribution in [2.24, 2.45) is 0 Å². The molecular weight excluding hydrogens is 366 g/mol. The number of hydrogen-bond acceptors (Lipinski definition) is 4. The van der Waals surface area contributed by atoms with Crippen molar-refractivity contribution in [1.29, 1.82) is 0 Å². The molecule has 0 radical (unpaired) electrons. The van der Waals surface area contributed by atoms with E-state index in [4.69, 9.17) is 16.3 Å². The number of carbonyl (C=O) groups is 3. The van der Waals surface area contributed by atoms with E-state index in [1.165, 1.54) is 6.92 Å². The Hall–Kier alpha value is -2.66. The molecule has 142 valence electrons. The Morgan fingerprint density at radius 1 is 1.00 bits per heavy atom. The van der Waals surface area contributed by atoms with Crippen molar-refractivity contribution in [3.05, 3.63) is 64.7 Å². The Bertz CT molecular complexity index is 800. The molecule has 2 rings (SSSR count). The number of ether oxygens (including phenoxy) is 1. The van der Waals surface area contributed by atoms with Crippen LogP contribution in [0.2, 0.25) is 5.02 Å². The van der Waals surface area contributed by atoms with Crippen molar-refractivity contribution in [2.45, 2.75) is 39.2 Å². The standard InChI is InChI=1S/C21H22ClNO4/c1-3-15-4-10-18(11-5-15)23-21(26)14(2)27-20(25)13-12-19(24)16-6-8-17(22)9-7-16/h4-11,14H,3,12-13H2,1-2H3,(H,23,26). The van der Waals surface area contributed by atoms with Gasteiger partial charge in [0.15, 0.2) is 11.9 Å². The highest BCUT2D eigenvalue weighted by Gasteiger charge is 2.19. The summed E-state index contributed by atoms with van der Waals surface area (Å²) < 4.78 is 5.11. The van der Waals surface area contributed by atoms with Crippen molar-refractivity contribution in [3.63, 3.8) is 0 Å². The van der Waals surface area contributed by atoms with Crippen LogP contribution in [0.4, 0.5) is 5.69 Å². The van der Waals surface area contributed by atoms with Crippen molar-refractivity contribution >= 4 is 34.9 Å². The summed E-state index contributed by atoms with van der Waals surface area (Å²) in [5.41, 5.74) is 2.28. The molecule has 0 heterocycles. The van der Waals surface area contributed by atoms with Crippen LogP contribution in [-0.4, -0.2) is 23.8 Å². The third-order valence-electron chi connectivity index (χ3n) is 4.03. The van der Waals surface area contributed by atoms with Gasteiger partial charge in [-0.25, -0.2) is 0 Å². The van der Waals surface area contributed by atoms with E-state index in [0.29, 0.717) is 16.3 Å². The molecule has 1 unspecified atom stereocenters. The summed E-state index contributed by atoms with van der Waals surface area (Å²) in [6.07, 6.45) is -0.122. The van der Waals surface area contributed by atoms with E-state index in [1.54, 1.807) is 36.4 Å². The van der Waals surface area contributed by atoms with Crippen LogP contribution in [0.3, 0.4) is 0 Å². The number of nitrogens with one attached hydrogen (secondary N) is 1. The van der Waals surface area contributed by atoms with Crippen molar-refractivity contribution in [1.82, 2.24) is 0 Å². The minimum atomic E-state index is -0.950. The fraction of sp³-hybridized carbons (Fsp3) is 0.286. The SMILES string of the molecule is CCc1ccc(NC(=O)C(C)OC(=O)CCC(=O)c2ccc(Cl)cc2)cc1. The van der Waals surface area contributed by atoms with E-state index in [-0.39, 0.29) is 18.6 Å². The van der Waals surface area contributed by atoms with Gasteiger partial charge in [-0.05, 0) is 55.3 Å². The van der Waals surface area contributed by atoms with Gasteiger partial charge in [-0.1, -0.05) is 30.7 Å². The predicted molar refractivity (Wildman–Crippen MR) is 105 cm³/mol. The number of ketones is 1. The zero-order valence-electron chi connectivity index (χ0n) is 15.3. The highest BCUT2D eigenvalue weighted by Crippen LogP contribution is 2.13. The average molecular weight is 388 g/mol. The predicted octanol–water partition coefficient (Wildman–Crippen LogP) is 4.44. The molecule has 5 nitrogen and oxygen atoms in total. The number of anilines is 1. The number of aryl methyl sites for hydroxylation is 1. The normalized spacial score (nSPS) is 11.5. The molecule has 1 atom stereocenters. The lowest BCUT2D eigenvalue weighted by molar-refractivity contribution is -0.153. The summed E-state index contributed by atoms with van der Waals surface area (Å²) in [5.74, 6) is -1.20. The molecule has 0 aromatic heterocycles. The number of hydrogen-bond donors (Lipinski definition) is 1. The van der Waals surface area contributed by atoms with E-state index in [0.717, 1.165) is 12.0 Å². The van der Waals surface area contributed by atoms with Crippen LogP contribution in [0.5, 0.6) is 0 Å². The Labute approximate surface area is 163 Å². The molecule has 6 heteroatoms. The minimum Gasteiger partial charge on any atom is -0.453 e. The number of rotatable bonds is 8. The maximum absolute atomic E-state index is 12.1. The van der Waals surface area contributed by atoms with Gasteiger partial charge < -0.3 is 10.1 Å². The molecule has 0 fully saturated rings. The lowest BCUT2D eigenvalue weighted by Gasteiger charge is -2.13. The highest BCUT2D eigenvalue weighted by molar-refractivity contribution is 6.30. The maximum atomic E-state index is 12.1. The van der Waals surface area contributed by atoms with Crippen LogP contribution < -0.4 is 5.32 Å². The molecule has 0 aliphatic carbocycles. The topological polar surface area (TPSA) is 72.5 Å². The van der Waals surface area contributed by atoms with Crippen LogP contribution in [0.1, 0.15) is 42.6 Å². The van der Waals surface area contributed by atoms with Crippen LogP contribution in [0.15, 0.2) is 48.5 Å². The van der Waals surface area contributed by atoms with Gasteiger partial charge in [0.25, 0.3) is 5.91 Å². The largest absolute Gasteiger partial charge is 0.453 e. The third-order valence-corrected chi connectivity index (χ3v) is 4.28. The molecule has 1 amide bonds. The van der Waals surface area contributed by atoms with Crippen LogP contribution in [0.25, 0.3) is 0 Å². The molecule has 2 aromatic carbocycles.